The number of carbonyl (C=O) groups is 1. The van der Waals surface area contributed by atoms with E-state index in [0.717, 1.165) is 10.9 Å². The summed E-state index contributed by atoms with van der Waals surface area (Å²) in [6, 6.07) is 5.98. The van der Waals surface area contributed by atoms with E-state index in [1.54, 1.807) is 17.7 Å². The number of amides is 1. The van der Waals surface area contributed by atoms with Gasteiger partial charge in [0, 0.05) is 31.2 Å². The molecule has 0 saturated carbocycles. The van der Waals surface area contributed by atoms with E-state index in [0.29, 0.717) is 47.3 Å². The highest BCUT2D eigenvalue weighted by Crippen LogP contribution is 2.46. The van der Waals surface area contributed by atoms with Crippen LogP contribution in [0, 0.1) is 11.3 Å². The second-order valence-electron chi connectivity index (χ2n) is 6.36. The van der Waals surface area contributed by atoms with Gasteiger partial charge in [-0.05, 0) is 18.9 Å². The molecule has 2 aromatic rings. The average Bonchev–Trinajstić information content (AvgIpc) is 2.86. The summed E-state index contributed by atoms with van der Waals surface area (Å²) < 4.78 is 7.18. The second kappa shape index (κ2) is 5.38. The van der Waals surface area contributed by atoms with E-state index in [4.69, 9.17) is 27.9 Å². The third-order valence-corrected chi connectivity index (χ3v) is 6.01. The van der Waals surface area contributed by atoms with Gasteiger partial charge in [-0.3, -0.25) is 4.79 Å². The first kappa shape index (κ1) is 15.8. The van der Waals surface area contributed by atoms with Gasteiger partial charge in [-0.1, -0.05) is 29.3 Å². The Morgan fingerprint density at radius 3 is 2.75 bits per heavy atom. The van der Waals surface area contributed by atoms with Crippen molar-refractivity contribution in [2.75, 3.05) is 13.2 Å². The predicted octanol–water partition coefficient (Wildman–Crippen LogP) is 3.38. The van der Waals surface area contributed by atoms with Crippen molar-refractivity contribution in [3.05, 3.63) is 33.4 Å². The summed E-state index contributed by atoms with van der Waals surface area (Å²) >= 11 is 12.5. The maximum absolute atomic E-state index is 12.8. The molecule has 3 heterocycles. The summed E-state index contributed by atoms with van der Waals surface area (Å²) in [7, 11) is 1.78. The molecule has 1 unspecified atom stereocenters. The highest BCUT2D eigenvalue weighted by molar-refractivity contribution is 6.45. The maximum Gasteiger partial charge on any atom is 0.268 e. The van der Waals surface area contributed by atoms with Crippen molar-refractivity contribution in [1.82, 2.24) is 9.88 Å². The molecule has 1 atom stereocenters. The fraction of sp³-hybridized carbons (Fsp3) is 0.412. The van der Waals surface area contributed by atoms with Gasteiger partial charge >= 0.3 is 0 Å². The number of fused-ring (bicyclic) bond motifs is 3. The highest BCUT2D eigenvalue weighted by atomic mass is 35.5. The standard InChI is InChI=1S/C17H15Cl2N3O2/c1-22-14-9(2-3-11(18)13(14)19)12-10(8-20)17(4-6-24-7-5-17)21-16(23)15(12)22/h2-3,10H,4-7H2,1H3,(H,21,23). The molecular formula is C17H15Cl2N3O2. The van der Waals surface area contributed by atoms with Crippen molar-refractivity contribution < 1.29 is 9.53 Å². The topological polar surface area (TPSA) is 67.1 Å². The van der Waals surface area contributed by atoms with Gasteiger partial charge in [0.1, 0.15) is 5.69 Å². The number of halogens is 2. The number of nitriles is 1. The zero-order valence-corrected chi connectivity index (χ0v) is 14.5. The van der Waals surface area contributed by atoms with Crippen LogP contribution in [0.15, 0.2) is 12.1 Å². The van der Waals surface area contributed by atoms with Crippen LogP contribution < -0.4 is 5.32 Å². The monoisotopic (exact) mass is 363 g/mol. The summed E-state index contributed by atoms with van der Waals surface area (Å²) in [5.74, 6) is -0.626. The first-order chi connectivity index (χ1) is 11.5. The van der Waals surface area contributed by atoms with E-state index in [-0.39, 0.29) is 5.91 Å². The molecule has 124 valence electrons. The summed E-state index contributed by atoms with van der Waals surface area (Å²) in [6.07, 6.45) is 1.24. The number of rotatable bonds is 0. The molecule has 1 aromatic carbocycles. The van der Waals surface area contributed by atoms with Crippen LogP contribution in [-0.2, 0) is 11.8 Å². The van der Waals surface area contributed by atoms with E-state index < -0.39 is 11.5 Å². The van der Waals surface area contributed by atoms with E-state index in [9.17, 15) is 10.1 Å². The molecule has 2 aliphatic rings. The zero-order chi connectivity index (χ0) is 17.1. The zero-order valence-electron chi connectivity index (χ0n) is 13.0. The first-order valence-corrected chi connectivity index (χ1v) is 8.52. The van der Waals surface area contributed by atoms with Gasteiger partial charge in [0.2, 0.25) is 0 Å². The Morgan fingerprint density at radius 1 is 1.38 bits per heavy atom. The molecular weight excluding hydrogens is 349 g/mol. The third-order valence-electron chi connectivity index (χ3n) is 5.22. The molecule has 1 saturated heterocycles. The molecule has 1 N–H and O–H groups in total. The Bertz CT molecular complexity index is 907. The minimum atomic E-state index is -0.586. The van der Waals surface area contributed by atoms with Crippen LogP contribution in [0.3, 0.4) is 0 Å². The number of benzene rings is 1. The summed E-state index contributed by atoms with van der Waals surface area (Å²) in [4.78, 5) is 12.8. The molecule has 1 aromatic heterocycles. The van der Waals surface area contributed by atoms with E-state index in [1.165, 1.54) is 0 Å². The van der Waals surface area contributed by atoms with Crippen molar-refractivity contribution in [2.24, 2.45) is 7.05 Å². The minimum Gasteiger partial charge on any atom is -0.381 e. The van der Waals surface area contributed by atoms with Crippen LogP contribution in [0.4, 0.5) is 0 Å². The van der Waals surface area contributed by atoms with Gasteiger partial charge in [-0.15, -0.1) is 0 Å². The smallest absolute Gasteiger partial charge is 0.268 e. The molecule has 0 aliphatic carbocycles. The van der Waals surface area contributed by atoms with E-state index >= 15 is 0 Å². The summed E-state index contributed by atoms with van der Waals surface area (Å²) in [5, 5.41) is 14.7. The SMILES string of the molecule is Cn1c2c(c3ccc(Cl)c(Cl)c31)C(C#N)C1(CCOCC1)NC2=O. The van der Waals surface area contributed by atoms with Gasteiger partial charge in [0.15, 0.2) is 0 Å². The quantitative estimate of drug-likeness (QED) is 0.779. The van der Waals surface area contributed by atoms with Crippen molar-refractivity contribution >= 4 is 40.0 Å². The molecule has 1 fully saturated rings. The molecule has 2 aliphatic heterocycles. The van der Waals surface area contributed by atoms with Crippen molar-refractivity contribution in [3.63, 3.8) is 0 Å². The fourth-order valence-electron chi connectivity index (χ4n) is 4.04. The Kier molecular flexibility index (Phi) is 3.54. The molecule has 1 amide bonds. The lowest BCUT2D eigenvalue weighted by molar-refractivity contribution is 0.0285. The van der Waals surface area contributed by atoms with Crippen LogP contribution >= 0.6 is 23.2 Å². The van der Waals surface area contributed by atoms with Crippen LogP contribution in [-0.4, -0.2) is 29.2 Å². The molecule has 7 heteroatoms. The van der Waals surface area contributed by atoms with Gasteiger partial charge in [-0.25, -0.2) is 0 Å². The molecule has 4 rings (SSSR count). The number of hydrogen-bond donors (Lipinski definition) is 1. The average molecular weight is 364 g/mol. The molecule has 0 radical (unpaired) electrons. The maximum atomic E-state index is 12.8. The number of nitrogens with one attached hydrogen (secondary N) is 1. The molecule has 0 bridgehead atoms. The lowest BCUT2D eigenvalue weighted by Crippen LogP contribution is -2.58. The van der Waals surface area contributed by atoms with E-state index in [2.05, 4.69) is 11.4 Å². The fourth-order valence-corrected chi connectivity index (χ4v) is 4.49. The van der Waals surface area contributed by atoms with E-state index in [1.807, 2.05) is 6.07 Å². The molecule has 1 spiro atoms. The third kappa shape index (κ3) is 1.94. The van der Waals surface area contributed by atoms with Gasteiger partial charge in [0.25, 0.3) is 5.91 Å². The highest BCUT2D eigenvalue weighted by Gasteiger charge is 2.49. The first-order valence-electron chi connectivity index (χ1n) is 7.76. The molecule has 24 heavy (non-hydrogen) atoms. The number of hydrogen-bond acceptors (Lipinski definition) is 3. The van der Waals surface area contributed by atoms with Gasteiger partial charge < -0.3 is 14.6 Å². The normalized spacial score (nSPS) is 22.2. The summed E-state index contributed by atoms with van der Waals surface area (Å²) in [6.45, 7) is 1.07. The second-order valence-corrected chi connectivity index (χ2v) is 7.15. The lowest BCUT2D eigenvalue weighted by atomic mass is 9.71. The van der Waals surface area contributed by atoms with Crippen LogP contribution in [0.2, 0.25) is 10.0 Å². The Hall–Kier alpha value is -1.74. The Labute approximate surface area is 149 Å². The molecule has 5 nitrogen and oxygen atoms in total. The number of nitrogens with zero attached hydrogens (tertiary/aromatic N) is 2. The predicted molar refractivity (Wildman–Crippen MR) is 91.5 cm³/mol. The summed E-state index contributed by atoms with van der Waals surface area (Å²) in [5.41, 5.74) is 1.34. The largest absolute Gasteiger partial charge is 0.381 e. The number of aromatic nitrogens is 1. The van der Waals surface area contributed by atoms with Crippen LogP contribution in [0.1, 0.15) is 34.8 Å². The Balaban J connectivity index is 2.05. The van der Waals surface area contributed by atoms with Crippen LogP contribution in [0.25, 0.3) is 10.9 Å². The minimum absolute atomic E-state index is 0.177. The van der Waals surface area contributed by atoms with Gasteiger partial charge in [-0.2, -0.15) is 5.26 Å². The van der Waals surface area contributed by atoms with Crippen LogP contribution in [0.5, 0.6) is 0 Å². The number of carbonyl (C=O) groups excluding carboxylic acids is 1. The number of ether oxygens (including phenoxy) is 1. The van der Waals surface area contributed by atoms with Crippen molar-refractivity contribution in [1.29, 1.82) is 5.26 Å². The Morgan fingerprint density at radius 2 is 2.08 bits per heavy atom. The van der Waals surface area contributed by atoms with Crippen molar-refractivity contribution in [2.45, 2.75) is 24.3 Å². The van der Waals surface area contributed by atoms with Gasteiger partial charge in [0.05, 0.1) is 33.1 Å². The lowest BCUT2D eigenvalue weighted by Gasteiger charge is -2.44. The number of aryl methyl sites for hydroxylation is 1. The van der Waals surface area contributed by atoms with Crippen molar-refractivity contribution in [3.8, 4) is 6.07 Å².